The lowest BCUT2D eigenvalue weighted by Crippen LogP contribution is -2.41. The Kier molecular flexibility index (Phi) is 7.35. The highest BCUT2D eigenvalue weighted by molar-refractivity contribution is 7.89. The van der Waals surface area contributed by atoms with Gasteiger partial charge in [0.15, 0.2) is 6.10 Å². The van der Waals surface area contributed by atoms with Gasteiger partial charge in [-0.25, -0.2) is 13.2 Å². The molecule has 9 heteroatoms. The van der Waals surface area contributed by atoms with Crippen LogP contribution in [0.15, 0.2) is 53.4 Å². The Morgan fingerprint density at radius 3 is 2.45 bits per heavy atom. The van der Waals surface area contributed by atoms with Crippen LogP contribution in [0.4, 0.5) is 5.69 Å². The summed E-state index contributed by atoms with van der Waals surface area (Å²) in [6.45, 7) is 3.84. The van der Waals surface area contributed by atoms with Crippen molar-refractivity contribution in [2.45, 2.75) is 50.2 Å². The quantitative estimate of drug-likeness (QED) is 0.650. The Bertz CT molecular complexity index is 1060. The van der Waals surface area contributed by atoms with Crippen molar-refractivity contribution in [1.82, 2.24) is 4.31 Å². The van der Waals surface area contributed by atoms with Crippen LogP contribution in [0.3, 0.4) is 0 Å². The first-order chi connectivity index (χ1) is 14.7. The first-order valence-corrected chi connectivity index (χ1v) is 11.9. The molecule has 31 heavy (non-hydrogen) atoms. The predicted octanol–water partition coefficient (Wildman–Crippen LogP) is 4.09. The smallest absolute Gasteiger partial charge is 0.338 e. The Labute approximate surface area is 187 Å². The number of para-hydroxylation sites is 1. The zero-order chi connectivity index (χ0) is 22.6. The molecule has 3 rings (SSSR count). The maximum atomic E-state index is 12.9. The second-order valence-electron chi connectivity index (χ2n) is 7.50. The highest BCUT2D eigenvalue weighted by atomic mass is 35.5. The van der Waals surface area contributed by atoms with Gasteiger partial charge in [0.2, 0.25) is 10.0 Å². The molecule has 2 aromatic carbocycles. The summed E-state index contributed by atoms with van der Waals surface area (Å²) in [6, 6.07) is 12.2. The van der Waals surface area contributed by atoms with Gasteiger partial charge in [0.1, 0.15) is 0 Å². The van der Waals surface area contributed by atoms with Gasteiger partial charge >= 0.3 is 5.97 Å². The van der Waals surface area contributed by atoms with Crippen molar-refractivity contribution in [2.75, 3.05) is 11.9 Å². The Morgan fingerprint density at radius 1 is 1.13 bits per heavy atom. The predicted molar refractivity (Wildman–Crippen MR) is 119 cm³/mol. The summed E-state index contributed by atoms with van der Waals surface area (Å²) in [4.78, 5) is 24.8. The van der Waals surface area contributed by atoms with Crippen LogP contribution in [0.2, 0.25) is 5.02 Å². The molecule has 1 aliphatic rings. The Hall–Kier alpha value is -2.42. The lowest BCUT2D eigenvalue weighted by molar-refractivity contribution is -0.123. The first-order valence-electron chi connectivity index (χ1n) is 10.1. The minimum absolute atomic E-state index is 0.0547. The van der Waals surface area contributed by atoms with Crippen molar-refractivity contribution >= 4 is 39.2 Å². The standard InChI is InChI=1S/C22H25ClN2O5S/c1-15-7-5-6-14-25(15)31(28,29)18-12-10-17(11-13-18)22(27)30-16(2)21(26)24-20-9-4-3-8-19(20)23/h3-4,8-13,15-16H,5-7,14H2,1-2H3,(H,24,26). The maximum Gasteiger partial charge on any atom is 0.338 e. The van der Waals surface area contributed by atoms with Gasteiger partial charge in [0.05, 0.1) is 21.2 Å². The molecule has 0 spiro atoms. The van der Waals surface area contributed by atoms with E-state index in [1.807, 2.05) is 6.92 Å². The second kappa shape index (κ2) is 9.80. The zero-order valence-electron chi connectivity index (χ0n) is 17.4. The number of carbonyl (C=O) groups is 2. The molecule has 0 bridgehead atoms. The van der Waals surface area contributed by atoms with E-state index in [9.17, 15) is 18.0 Å². The third-order valence-corrected chi connectivity index (χ3v) is 7.58. The number of ether oxygens (including phenoxy) is 1. The Balaban J connectivity index is 1.64. The summed E-state index contributed by atoms with van der Waals surface area (Å²) >= 11 is 6.02. The van der Waals surface area contributed by atoms with E-state index in [1.54, 1.807) is 24.3 Å². The molecule has 0 saturated carbocycles. The monoisotopic (exact) mass is 464 g/mol. The van der Waals surface area contributed by atoms with E-state index in [0.717, 1.165) is 19.3 Å². The Morgan fingerprint density at radius 2 is 1.81 bits per heavy atom. The van der Waals surface area contributed by atoms with Crippen LogP contribution >= 0.6 is 11.6 Å². The molecule has 7 nitrogen and oxygen atoms in total. The molecule has 2 atom stereocenters. The van der Waals surface area contributed by atoms with E-state index in [4.69, 9.17) is 16.3 Å². The second-order valence-corrected chi connectivity index (χ2v) is 9.80. The number of nitrogens with one attached hydrogen (secondary N) is 1. The van der Waals surface area contributed by atoms with Crippen molar-refractivity contribution in [3.8, 4) is 0 Å². The first kappa shape index (κ1) is 23.2. The van der Waals surface area contributed by atoms with Crippen LogP contribution in [0.25, 0.3) is 0 Å². The molecule has 1 heterocycles. The number of halogens is 1. The number of piperidine rings is 1. The molecule has 2 unspecified atom stereocenters. The number of hydrogen-bond donors (Lipinski definition) is 1. The largest absolute Gasteiger partial charge is 0.449 e. The third kappa shape index (κ3) is 5.44. The van der Waals surface area contributed by atoms with Crippen molar-refractivity contribution < 1.29 is 22.7 Å². The SMILES string of the molecule is CC(OC(=O)c1ccc(S(=O)(=O)N2CCCCC2C)cc1)C(=O)Nc1ccccc1Cl. The van der Waals surface area contributed by atoms with Gasteiger partial charge in [-0.1, -0.05) is 30.2 Å². The van der Waals surface area contributed by atoms with E-state index in [1.165, 1.54) is 35.5 Å². The van der Waals surface area contributed by atoms with Crippen LogP contribution in [0.1, 0.15) is 43.5 Å². The van der Waals surface area contributed by atoms with Gasteiger partial charge in [-0.2, -0.15) is 4.31 Å². The number of nitrogens with zero attached hydrogens (tertiary/aromatic N) is 1. The van der Waals surface area contributed by atoms with Crippen LogP contribution in [0.5, 0.6) is 0 Å². The van der Waals surface area contributed by atoms with Crippen LogP contribution < -0.4 is 5.32 Å². The molecule has 166 valence electrons. The summed E-state index contributed by atoms with van der Waals surface area (Å²) in [5.74, 6) is -1.25. The van der Waals surface area contributed by atoms with E-state index in [0.29, 0.717) is 17.3 Å². The summed E-state index contributed by atoms with van der Waals surface area (Å²) in [6.07, 6.45) is 1.61. The highest BCUT2D eigenvalue weighted by Gasteiger charge is 2.31. The lowest BCUT2D eigenvalue weighted by atomic mass is 10.1. The van der Waals surface area contributed by atoms with Gasteiger partial charge in [-0.15, -0.1) is 0 Å². The number of hydrogen-bond acceptors (Lipinski definition) is 5. The van der Waals surface area contributed by atoms with Crippen molar-refractivity contribution in [1.29, 1.82) is 0 Å². The van der Waals surface area contributed by atoms with Gasteiger partial charge in [-0.05, 0) is 63.1 Å². The van der Waals surface area contributed by atoms with Crippen molar-refractivity contribution in [3.63, 3.8) is 0 Å². The topological polar surface area (TPSA) is 92.8 Å². The molecule has 1 saturated heterocycles. The maximum absolute atomic E-state index is 12.9. The number of rotatable bonds is 6. The summed E-state index contributed by atoms with van der Waals surface area (Å²) < 4.78 is 32.5. The van der Waals surface area contributed by atoms with Crippen LogP contribution in [-0.4, -0.2) is 43.3 Å². The van der Waals surface area contributed by atoms with E-state index in [-0.39, 0.29) is 16.5 Å². The molecule has 0 aromatic heterocycles. The van der Waals surface area contributed by atoms with E-state index in [2.05, 4.69) is 5.32 Å². The number of esters is 1. The molecule has 1 fully saturated rings. The van der Waals surface area contributed by atoms with E-state index < -0.39 is 28.0 Å². The van der Waals surface area contributed by atoms with Crippen molar-refractivity contribution in [2.24, 2.45) is 0 Å². The average molecular weight is 465 g/mol. The fourth-order valence-corrected chi connectivity index (χ4v) is 5.29. The van der Waals surface area contributed by atoms with Gasteiger partial charge < -0.3 is 10.1 Å². The summed E-state index contributed by atoms with van der Waals surface area (Å²) in [7, 11) is -3.62. The van der Waals surface area contributed by atoms with Crippen molar-refractivity contribution in [3.05, 3.63) is 59.1 Å². The molecule has 1 amide bonds. The number of carbonyl (C=O) groups excluding carboxylic acids is 2. The normalized spacial score (nSPS) is 18.2. The van der Waals surface area contributed by atoms with Gasteiger partial charge in [-0.3, -0.25) is 4.79 Å². The molecular formula is C22H25ClN2O5S. The molecule has 0 aliphatic carbocycles. The molecule has 1 aliphatic heterocycles. The highest BCUT2D eigenvalue weighted by Crippen LogP contribution is 2.25. The van der Waals surface area contributed by atoms with Crippen LogP contribution in [-0.2, 0) is 19.6 Å². The van der Waals surface area contributed by atoms with E-state index >= 15 is 0 Å². The molecular weight excluding hydrogens is 440 g/mol. The molecule has 2 aromatic rings. The summed E-state index contributed by atoms with van der Waals surface area (Å²) in [5, 5.41) is 2.97. The van der Waals surface area contributed by atoms with Crippen LogP contribution in [0, 0.1) is 0 Å². The number of anilines is 1. The zero-order valence-corrected chi connectivity index (χ0v) is 18.9. The lowest BCUT2D eigenvalue weighted by Gasteiger charge is -2.32. The number of benzene rings is 2. The molecule has 1 N–H and O–H groups in total. The fraction of sp³-hybridized carbons (Fsp3) is 0.364. The summed E-state index contributed by atoms with van der Waals surface area (Å²) in [5.41, 5.74) is 0.571. The minimum Gasteiger partial charge on any atom is -0.449 e. The van der Waals surface area contributed by atoms with Gasteiger partial charge in [0, 0.05) is 12.6 Å². The third-order valence-electron chi connectivity index (χ3n) is 5.22. The molecule has 0 radical (unpaired) electrons. The number of amides is 1. The van der Waals surface area contributed by atoms with Gasteiger partial charge in [0.25, 0.3) is 5.91 Å². The number of sulfonamides is 1. The fourth-order valence-electron chi connectivity index (χ4n) is 3.41. The minimum atomic E-state index is -3.62. The average Bonchev–Trinajstić information content (AvgIpc) is 2.75.